The zero-order valence-corrected chi connectivity index (χ0v) is 10.4. The molecule has 3 aromatic rings. The van der Waals surface area contributed by atoms with Crippen molar-refractivity contribution in [2.75, 3.05) is 5.32 Å². The molecule has 0 fully saturated rings. The molecular weight excluding hydrogens is 258 g/mol. The molecule has 1 N–H and O–H groups in total. The van der Waals surface area contributed by atoms with Gasteiger partial charge in [0.05, 0.1) is 12.1 Å². The largest absolute Gasteiger partial charge is 0.363 e. The summed E-state index contributed by atoms with van der Waals surface area (Å²) in [6.07, 6.45) is 1.50. The minimum atomic E-state index is -0.230. The number of aromatic nitrogens is 2. The average Bonchev–Trinajstić information content (AvgIpc) is 3.11. The minimum Gasteiger partial charge on any atom is -0.363 e. The van der Waals surface area contributed by atoms with Crippen LogP contribution in [-0.4, -0.2) is 16.2 Å². The lowest BCUT2D eigenvalue weighted by Crippen LogP contribution is -2.14. The Morgan fingerprint density at radius 3 is 2.75 bits per heavy atom. The van der Waals surface area contributed by atoms with Gasteiger partial charge in [0.2, 0.25) is 5.91 Å². The number of hydrogen-bond acceptors (Lipinski definition) is 5. The van der Waals surface area contributed by atoms with Crippen LogP contribution < -0.4 is 5.32 Å². The molecule has 0 aliphatic heterocycles. The van der Waals surface area contributed by atoms with Crippen molar-refractivity contribution in [3.05, 3.63) is 54.4 Å². The second kappa shape index (κ2) is 5.40. The van der Waals surface area contributed by atoms with Crippen LogP contribution >= 0.6 is 0 Å². The predicted octanol–water partition coefficient (Wildman–Crippen LogP) is 2.51. The van der Waals surface area contributed by atoms with Crippen molar-refractivity contribution in [2.24, 2.45) is 0 Å². The van der Waals surface area contributed by atoms with Gasteiger partial charge in [-0.1, -0.05) is 40.6 Å². The number of amides is 1. The quantitative estimate of drug-likeness (QED) is 0.787. The van der Waals surface area contributed by atoms with E-state index in [9.17, 15) is 4.79 Å². The highest BCUT2D eigenvalue weighted by atomic mass is 16.5. The Kier molecular flexibility index (Phi) is 3.28. The maximum absolute atomic E-state index is 11.8. The molecule has 6 heteroatoms. The fraction of sp³-hybridized carbons (Fsp3) is 0.0714. The van der Waals surface area contributed by atoms with Crippen LogP contribution in [0.25, 0.3) is 11.3 Å². The number of benzene rings is 1. The van der Waals surface area contributed by atoms with Crippen molar-refractivity contribution < 1.29 is 13.8 Å². The van der Waals surface area contributed by atoms with E-state index in [1.807, 2.05) is 30.3 Å². The first-order chi connectivity index (χ1) is 9.81. The number of rotatable bonds is 4. The molecule has 100 valence electrons. The lowest BCUT2D eigenvalue weighted by molar-refractivity contribution is -0.115. The summed E-state index contributed by atoms with van der Waals surface area (Å²) >= 11 is 0. The molecule has 0 atom stereocenters. The topological polar surface area (TPSA) is 81.2 Å². The standard InChI is InChI=1S/C14H11N3O3/c18-14(15-13-6-7-19-17-13)9-11-8-12(20-16-11)10-4-2-1-3-5-10/h1-8H,9H2,(H,15,17,18). The second-order valence-corrected chi connectivity index (χ2v) is 4.16. The molecule has 0 aliphatic rings. The molecular formula is C14H11N3O3. The molecule has 2 heterocycles. The Balaban J connectivity index is 1.67. The van der Waals surface area contributed by atoms with Gasteiger partial charge >= 0.3 is 0 Å². The van der Waals surface area contributed by atoms with Crippen molar-refractivity contribution in [1.82, 2.24) is 10.3 Å². The summed E-state index contributed by atoms with van der Waals surface area (Å²) in [4.78, 5) is 11.8. The normalized spacial score (nSPS) is 10.4. The lowest BCUT2D eigenvalue weighted by atomic mass is 10.1. The van der Waals surface area contributed by atoms with Crippen LogP contribution in [0.1, 0.15) is 5.69 Å². The monoisotopic (exact) mass is 269 g/mol. The van der Waals surface area contributed by atoms with Gasteiger partial charge in [-0.3, -0.25) is 4.79 Å². The fourth-order valence-corrected chi connectivity index (χ4v) is 1.76. The molecule has 0 radical (unpaired) electrons. The van der Waals surface area contributed by atoms with E-state index in [-0.39, 0.29) is 12.3 Å². The van der Waals surface area contributed by atoms with Crippen molar-refractivity contribution in [3.63, 3.8) is 0 Å². The molecule has 6 nitrogen and oxygen atoms in total. The predicted molar refractivity (Wildman–Crippen MR) is 70.8 cm³/mol. The van der Waals surface area contributed by atoms with Crippen LogP contribution in [0, 0.1) is 0 Å². The van der Waals surface area contributed by atoms with Gasteiger partial charge in [-0.2, -0.15) is 0 Å². The van der Waals surface area contributed by atoms with Crippen LogP contribution in [0.4, 0.5) is 5.82 Å². The molecule has 1 aromatic carbocycles. The first kappa shape index (κ1) is 12.2. The number of nitrogens with zero attached hydrogens (tertiary/aromatic N) is 2. The Bertz CT molecular complexity index is 690. The fourth-order valence-electron chi connectivity index (χ4n) is 1.76. The summed E-state index contributed by atoms with van der Waals surface area (Å²) in [5.74, 6) is 0.781. The van der Waals surface area contributed by atoms with Crippen LogP contribution in [0.3, 0.4) is 0 Å². The van der Waals surface area contributed by atoms with Crippen molar-refractivity contribution >= 4 is 11.7 Å². The van der Waals surface area contributed by atoms with Crippen LogP contribution in [0.2, 0.25) is 0 Å². The Hall–Kier alpha value is -2.89. The van der Waals surface area contributed by atoms with E-state index >= 15 is 0 Å². The van der Waals surface area contributed by atoms with Gasteiger partial charge in [-0.15, -0.1) is 0 Å². The van der Waals surface area contributed by atoms with Crippen molar-refractivity contribution in [1.29, 1.82) is 0 Å². The Morgan fingerprint density at radius 1 is 1.15 bits per heavy atom. The number of carbonyl (C=O) groups excluding carboxylic acids is 1. The number of anilines is 1. The number of nitrogens with one attached hydrogen (secondary N) is 1. The summed E-state index contributed by atoms with van der Waals surface area (Å²) < 4.78 is 9.85. The molecule has 0 bridgehead atoms. The zero-order chi connectivity index (χ0) is 13.8. The van der Waals surface area contributed by atoms with Crippen molar-refractivity contribution in [2.45, 2.75) is 6.42 Å². The third kappa shape index (κ3) is 2.74. The van der Waals surface area contributed by atoms with E-state index in [2.05, 4.69) is 20.2 Å². The SMILES string of the molecule is O=C(Cc1cc(-c2ccccc2)on1)Nc1ccon1. The Morgan fingerprint density at radius 2 is 2.00 bits per heavy atom. The smallest absolute Gasteiger partial charge is 0.231 e. The van der Waals surface area contributed by atoms with Gasteiger partial charge in [-0.05, 0) is 0 Å². The van der Waals surface area contributed by atoms with Gasteiger partial charge in [0.15, 0.2) is 11.6 Å². The first-order valence-electron chi connectivity index (χ1n) is 6.02. The number of hydrogen-bond donors (Lipinski definition) is 1. The van der Waals surface area contributed by atoms with E-state index in [0.29, 0.717) is 17.3 Å². The molecule has 0 saturated heterocycles. The highest BCUT2D eigenvalue weighted by molar-refractivity contribution is 5.91. The zero-order valence-electron chi connectivity index (χ0n) is 10.4. The van der Waals surface area contributed by atoms with E-state index < -0.39 is 0 Å². The van der Waals surface area contributed by atoms with E-state index in [4.69, 9.17) is 4.52 Å². The van der Waals surface area contributed by atoms with Crippen LogP contribution in [0.5, 0.6) is 0 Å². The van der Waals surface area contributed by atoms with Gasteiger partial charge in [0.25, 0.3) is 0 Å². The van der Waals surface area contributed by atoms with Gasteiger partial charge in [0, 0.05) is 17.7 Å². The third-order valence-corrected chi connectivity index (χ3v) is 2.66. The summed E-state index contributed by atoms with van der Waals surface area (Å²) in [5, 5.41) is 10.1. The highest BCUT2D eigenvalue weighted by Crippen LogP contribution is 2.20. The average molecular weight is 269 g/mol. The van der Waals surface area contributed by atoms with Crippen LogP contribution in [0.15, 0.2) is 57.8 Å². The summed E-state index contributed by atoms with van der Waals surface area (Å²) in [6, 6.07) is 12.9. The molecule has 0 spiro atoms. The molecule has 3 rings (SSSR count). The maximum Gasteiger partial charge on any atom is 0.231 e. The van der Waals surface area contributed by atoms with Gasteiger partial charge in [0.1, 0.15) is 6.26 Å². The van der Waals surface area contributed by atoms with Gasteiger partial charge < -0.3 is 14.4 Å². The molecule has 20 heavy (non-hydrogen) atoms. The summed E-state index contributed by atoms with van der Waals surface area (Å²) in [6.45, 7) is 0. The summed E-state index contributed by atoms with van der Waals surface area (Å²) in [7, 11) is 0. The highest BCUT2D eigenvalue weighted by Gasteiger charge is 2.11. The molecule has 1 amide bonds. The van der Waals surface area contributed by atoms with E-state index in [1.165, 1.54) is 6.26 Å². The molecule has 0 aliphatic carbocycles. The number of carbonyl (C=O) groups is 1. The van der Waals surface area contributed by atoms with E-state index in [1.54, 1.807) is 12.1 Å². The van der Waals surface area contributed by atoms with E-state index in [0.717, 1.165) is 5.56 Å². The minimum absolute atomic E-state index is 0.114. The second-order valence-electron chi connectivity index (χ2n) is 4.16. The lowest BCUT2D eigenvalue weighted by Gasteiger charge is -1.97. The molecule has 2 aromatic heterocycles. The molecule has 0 saturated carbocycles. The third-order valence-electron chi connectivity index (χ3n) is 2.66. The maximum atomic E-state index is 11.8. The van der Waals surface area contributed by atoms with Crippen molar-refractivity contribution in [3.8, 4) is 11.3 Å². The molecule has 0 unspecified atom stereocenters. The Labute approximate surface area is 114 Å². The first-order valence-corrected chi connectivity index (χ1v) is 6.02. The van der Waals surface area contributed by atoms with Crippen LogP contribution in [-0.2, 0) is 11.2 Å². The van der Waals surface area contributed by atoms with Gasteiger partial charge in [-0.25, -0.2) is 0 Å². The summed E-state index contributed by atoms with van der Waals surface area (Å²) in [5.41, 5.74) is 1.48.